The smallest absolute Gasteiger partial charge is 0.103 e. The van der Waals surface area contributed by atoms with Gasteiger partial charge in [0.2, 0.25) is 0 Å². The zero-order valence-corrected chi connectivity index (χ0v) is 12.5. The fourth-order valence-electron chi connectivity index (χ4n) is 2.78. The first-order valence-electron chi connectivity index (χ1n) is 7.06. The summed E-state index contributed by atoms with van der Waals surface area (Å²) in [4.78, 5) is 2.62. The molecule has 4 heteroatoms. The Morgan fingerprint density at radius 1 is 1.19 bits per heavy atom. The number of para-hydroxylation sites is 1. The Bertz CT molecular complexity index is 654. The summed E-state index contributed by atoms with van der Waals surface area (Å²) in [6.07, 6.45) is 0.528. The van der Waals surface area contributed by atoms with E-state index in [1.807, 2.05) is 30.3 Å². The van der Waals surface area contributed by atoms with E-state index in [0.717, 1.165) is 24.1 Å². The van der Waals surface area contributed by atoms with E-state index in [4.69, 9.17) is 18.0 Å². The largest absolute Gasteiger partial charge is 0.389 e. The molecule has 1 heterocycles. The lowest BCUT2D eigenvalue weighted by molar-refractivity contribution is 0.184. The normalized spacial score (nSPS) is 14.8. The number of anilines is 1. The fraction of sp³-hybridized carbons (Fsp3) is 0.235. The highest BCUT2D eigenvalue weighted by atomic mass is 32.1. The number of hydrogen-bond acceptors (Lipinski definition) is 3. The van der Waals surface area contributed by atoms with Crippen LogP contribution in [0.25, 0.3) is 0 Å². The third-order valence-electron chi connectivity index (χ3n) is 3.96. The monoisotopic (exact) mass is 298 g/mol. The van der Waals surface area contributed by atoms with Crippen LogP contribution in [-0.4, -0.2) is 23.2 Å². The molecule has 2 aromatic carbocycles. The lowest BCUT2D eigenvalue weighted by Gasteiger charge is -2.23. The molecule has 3 N–H and O–H groups in total. The SMILES string of the molecule is NC(=S)c1ccc(C(O)CN2CCc3ccccc32)cc1. The maximum absolute atomic E-state index is 10.4. The zero-order chi connectivity index (χ0) is 14.8. The standard InChI is InChI=1S/C17H18N2OS/c18-17(21)14-7-5-13(6-8-14)16(20)11-19-10-9-12-3-1-2-4-15(12)19/h1-8,16,20H,9-11H2,(H2,18,21). The van der Waals surface area contributed by atoms with E-state index in [1.165, 1.54) is 11.3 Å². The Hall–Kier alpha value is -1.91. The summed E-state index contributed by atoms with van der Waals surface area (Å²) in [7, 11) is 0. The van der Waals surface area contributed by atoms with Gasteiger partial charge in [0, 0.05) is 24.3 Å². The fourth-order valence-corrected chi connectivity index (χ4v) is 2.92. The second kappa shape index (κ2) is 5.84. The van der Waals surface area contributed by atoms with Gasteiger partial charge in [0.05, 0.1) is 6.10 Å². The second-order valence-electron chi connectivity index (χ2n) is 5.33. The summed E-state index contributed by atoms with van der Waals surface area (Å²) < 4.78 is 0. The van der Waals surface area contributed by atoms with Crippen LogP contribution in [0.2, 0.25) is 0 Å². The summed E-state index contributed by atoms with van der Waals surface area (Å²) in [5.74, 6) is 0. The number of nitrogens with zero attached hydrogens (tertiary/aromatic N) is 1. The molecule has 1 atom stereocenters. The van der Waals surface area contributed by atoms with Crippen molar-refractivity contribution in [2.45, 2.75) is 12.5 Å². The molecular weight excluding hydrogens is 280 g/mol. The third-order valence-corrected chi connectivity index (χ3v) is 4.19. The highest BCUT2D eigenvalue weighted by molar-refractivity contribution is 7.80. The van der Waals surface area contributed by atoms with Crippen LogP contribution in [0.5, 0.6) is 0 Å². The van der Waals surface area contributed by atoms with Crippen molar-refractivity contribution in [2.24, 2.45) is 5.73 Å². The topological polar surface area (TPSA) is 49.5 Å². The summed E-state index contributed by atoms with van der Waals surface area (Å²) in [6.45, 7) is 1.56. The van der Waals surface area contributed by atoms with Gasteiger partial charge in [-0.2, -0.15) is 0 Å². The van der Waals surface area contributed by atoms with Gasteiger partial charge in [0.15, 0.2) is 0 Å². The Morgan fingerprint density at radius 3 is 2.62 bits per heavy atom. The van der Waals surface area contributed by atoms with E-state index >= 15 is 0 Å². The summed E-state index contributed by atoms with van der Waals surface area (Å²) in [5.41, 5.74) is 9.89. The van der Waals surface area contributed by atoms with Crippen LogP contribution in [0.3, 0.4) is 0 Å². The highest BCUT2D eigenvalue weighted by Gasteiger charge is 2.21. The maximum Gasteiger partial charge on any atom is 0.103 e. The van der Waals surface area contributed by atoms with Crippen LogP contribution < -0.4 is 10.6 Å². The zero-order valence-electron chi connectivity index (χ0n) is 11.7. The molecule has 0 saturated carbocycles. The average Bonchev–Trinajstić information content (AvgIpc) is 2.91. The Labute approximate surface area is 130 Å². The maximum atomic E-state index is 10.4. The van der Waals surface area contributed by atoms with Gasteiger partial charge in [-0.3, -0.25) is 0 Å². The first kappa shape index (κ1) is 14.0. The predicted molar refractivity (Wildman–Crippen MR) is 89.6 cm³/mol. The van der Waals surface area contributed by atoms with Crippen molar-refractivity contribution in [2.75, 3.05) is 18.0 Å². The van der Waals surface area contributed by atoms with Crippen molar-refractivity contribution < 1.29 is 5.11 Å². The molecule has 1 aliphatic rings. The Morgan fingerprint density at radius 2 is 1.90 bits per heavy atom. The number of aliphatic hydroxyl groups excluding tert-OH is 1. The molecule has 0 bridgehead atoms. The summed E-state index contributed by atoms with van der Waals surface area (Å²) in [6, 6.07) is 15.9. The predicted octanol–water partition coefficient (Wildman–Crippen LogP) is 2.42. The molecule has 0 radical (unpaired) electrons. The van der Waals surface area contributed by atoms with Gasteiger partial charge < -0.3 is 15.7 Å². The molecule has 2 aromatic rings. The van der Waals surface area contributed by atoms with Gasteiger partial charge in [-0.25, -0.2) is 0 Å². The minimum Gasteiger partial charge on any atom is -0.389 e. The number of hydrogen-bond donors (Lipinski definition) is 2. The van der Waals surface area contributed by atoms with Gasteiger partial charge in [-0.1, -0.05) is 54.7 Å². The van der Waals surface area contributed by atoms with E-state index in [0.29, 0.717) is 11.5 Å². The number of fused-ring (bicyclic) bond motifs is 1. The minimum absolute atomic E-state index is 0.379. The van der Waals surface area contributed by atoms with E-state index in [1.54, 1.807) is 0 Å². The van der Waals surface area contributed by atoms with Crippen molar-refractivity contribution >= 4 is 22.9 Å². The van der Waals surface area contributed by atoms with E-state index in [2.05, 4.69) is 23.1 Å². The average molecular weight is 298 g/mol. The Balaban J connectivity index is 1.72. The van der Waals surface area contributed by atoms with Gasteiger partial charge in [0.25, 0.3) is 0 Å². The van der Waals surface area contributed by atoms with Crippen molar-refractivity contribution in [1.82, 2.24) is 0 Å². The van der Waals surface area contributed by atoms with E-state index in [9.17, 15) is 5.11 Å². The molecular formula is C17H18N2OS. The number of thiocarbonyl (C=S) groups is 1. The number of rotatable bonds is 4. The van der Waals surface area contributed by atoms with Gasteiger partial charge in [-0.15, -0.1) is 0 Å². The van der Waals surface area contributed by atoms with E-state index in [-0.39, 0.29) is 0 Å². The molecule has 0 amide bonds. The molecule has 3 rings (SSSR count). The quantitative estimate of drug-likeness (QED) is 0.851. The summed E-state index contributed by atoms with van der Waals surface area (Å²) in [5, 5.41) is 10.4. The van der Waals surface area contributed by atoms with Crippen molar-refractivity contribution in [3.8, 4) is 0 Å². The molecule has 1 unspecified atom stereocenters. The van der Waals surface area contributed by atoms with Crippen molar-refractivity contribution in [1.29, 1.82) is 0 Å². The Kier molecular flexibility index (Phi) is 3.90. The lowest BCUT2D eigenvalue weighted by atomic mass is 10.1. The molecule has 108 valence electrons. The van der Waals surface area contributed by atoms with Crippen LogP contribution >= 0.6 is 12.2 Å². The summed E-state index contributed by atoms with van der Waals surface area (Å²) >= 11 is 4.94. The van der Waals surface area contributed by atoms with Crippen LogP contribution in [0, 0.1) is 0 Å². The molecule has 0 saturated heterocycles. The molecule has 0 spiro atoms. The molecule has 3 nitrogen and oxygen atoms in total. The lowest BCUT2D eigenvalue weighted by Crippen LogP contribution is -2.26. The minimum atomic E-state index is -0.517. The van der Waals surface area contributed by atoms with Crippen LogP contribution in [0.1, 0.15) is 22.8 Å². The van der Waals surface area contributed by atoms with Gasteiger partial charge in [-0.05, 0) is 23.6 Å². The highest BCUT2D eigenvalue weighted by Crippen LogP contribution is 2.29. The number of nitrogens with two attached hydrogens (primary N) is 1. The second-order valence-corrected chi connectivity index (χ2v) is 5.77. The molecule has 0 aromatic heterocycles. The number of aliphatic hydroxyl groups is 1. The van der Waals surface area contributed by atoms with Crippen LogP contribution in [0.4, 0.5) is 5.69 Å². The van der Waals surface area contributed by atoms with Crippen molar-refractivity contribution in [3.05, 3.63) is 65.2 Å². The molecule has 21 heavy (non-hydrogen) atoms. The van der Waals surface area contributed by atoms with Crippen LogP contribution in [-0.2, 0) is 6.42 Å². The first-order valence-corrected chi connectivity index (χ1v) is 7.46. The van der Waals surface area contributed by atoms with Crippen LogP contribution in [0.15, 0.2) is 48.5 Å². The molecule has 0 fully saturated rings. The number of benzene rings is 2. The van der Waals surface area contributed by atoms with Gasteiger partial charge in [0.1, 0.15) is 4.99 Å². The first-order chi connectivity index (χ1) is 10.1. The number of β-amino-alcohol motifs (C(OH)–C–C–N with tert-alkyl or cyclic N) is 1. The van der Waals surface area contributed by atoms with Crippen molar-refractivity contribution in [3.63, 3.8) is 0 Å². The molecule has 1 aliphatic heterocycles. The van der Waals surface area contributed by atoms with E-state index < -0.39 is 6.10 Å². The van der Waals surface area contributed by atoms with Gasteiger partial charge >= 0.3 is 0 Å². The molecule has 0 aliphatic carbocycles. The third kappa shape index (κ3) is 2.91.